The lowest BCUT2D eigenvalue weighted by atomic mass is 10.2. The van der Waals surface area contributed by atoms with Crippen LogP contribution < -0.4 is 0 Å². The highest BCUT2D eigenvalue weighted by Crippen LogP contribution is 2.17. The average molecular weight is 307 g/mol. The van der Waals surface area contributed by atoms with Crippen molar-refractivity contribution in [2.45, 2.75) is 24.6 Å². The first-order chi connectivity index (χ1) is 7.98. The van der Waals surface area contributed by atoms with E-state index >= 15 is 0 Å². The number of esters is 1. The summed E-state index contributed by atoms with van der Waals surface area (Å²) in [4.78, 5) is 11.3. The molecule has 5 heteroatoms. The SMILES string of the molecule is C#CCCOCCOCCOC(=O)C(C)(C)Br. The summed E-state index contributed by atoms with van der Waals surface area (Å²) >= 11 is 3.21. The molecule has 0 atom stereocenters. The molecule has 0 aromatic heterocycles. The Hall–Kier alpha value is -0.570. The molecule has 4 nitrogen and oxygen atoms in total. The molecule has 0 saturated heterocycles. The van der Waals surface area contributed by atoms with E-state index in [4.69, 9.17) is 20.6 Å². The van der Waals surface area contributed by atoms with E-state index in [1.54, 1.807) is 13.8 Å². The lowest BCUT2D eigenvalue weighted by molar-refractivity contribution is -0.147. The van der Waals surface area contributed by atoms with Gasteiger partial charge in [-0.2, -0.15) is 0 Å². The largest absolute Gasteiger partial charge is 0.462 e. The molecule has 0 unspecified atom stereocenters. The zero-order valence-electron chi connectivity index (χ0n) is 10.3. The third kappa shape index (κ3) is 10.3. The summed E-state index contributed by atoms with van der Waals surface area (Å²) in [6.45, 7) is 5.60. The molecule has 0 aromatic carbocycles. The van der Waals surface area contributed by atoms with Gasteiger partial charge in [-0.1, -0.05) is 15.9 Å². The molecular formula is C12H19BrO4. The summed E-state index contributed by atoms with van der Waals surface area (Å²) in [6.07, 6.45) is 5.67. The molecule has 0 N–H and O–H groups in total. The summed E-state index contributed by atoms with van der Waals surface area (Å²) in [7, 11) is 0. The minimum absolute atomic E-state index is 0.248. The number of terminal acetylenes is 1. The summed E-state index contributed by atoms with van der Waals surface area (Å²) in [5, 5.41) is 0. The van der Waals surface area contributed by atoms with E-state index in [0.29, 0.717) is 32.8 Å². The number of carbonyl (C=O) groups excluding carboxylic acids is 1. The van der Waals surface area contributed by atoms with Gasteiger partial charge in [-0.05, 0) is 13.8 Å². The summed E-state index contributed by atoms with van der Waals surface area (Å²) < 4.78 is 14.7. The number of hydrogen-bond acceptors (Lipinski definition) is 4. The number of halogens is 1. The van der Waals surface area contributed by atoms with Gasteiger partial charge in [0.2, 0.25) is 0 Å². The first-order valence-corrected chi connectivity index (χ1v) is 6.23. The highest BCUT2D eigenvalue weighted by molar-refractivity contribution is 9.10. The maximum atomic E-state index is 11.3. The van der Waals surface area contributed by atoms with Gasteiger partial charge in [0.25, 0.3) is 0 Å². The van der Waals surface area contributed by atoms with Crippen molar-refractivity contribution < 1.29 is 19.0 Å². The molecule has 0 aromatic rings. The molecule has 0 radical (unpaired) electrons. The Balaban J connectivity index is 3.25. The Labute approximate surface area is 111 Å². The predicted molar refractivity (Wildman–Crippen MR) is 69.1 cm³/mol. The lowest BCUT2D eigenvalue weighted by Crippen LogP contribution is -2.27. The number of alkyl halides is 1. The standard InChI is InChI=1S/C12H19BrO4/c1-4-5-6-15-7-8-16-9-10-17-11(14)12(2,3)13/h1H,5-10H2,2-3H3. The fourth-order valence-corrected chi connectivity index (χ4v) is 0.932. The highest BCUT2D eigenvalue weighted by atomic mass is 79.9. The Bertz CT molecular complexity index is 252. The number of carbonyl (C=O) groups is 1. The van der Waals surface area contributed by atoms with Crippen LogP contribution in [0.5, 0.6) is 0 Å². The number of ether oxygens (including phenoxy) is 3. The zero-order valence-corrected chi connectivity index (χ0v) is 11.9. The quantitative estimate of drug-likeness (QED) is 0.282. The van der Waals surface area contributed by atoms with Crippen LogP contribution in [-0.2, 0) is 19.0 Å². The van der Waals surface area contributed by atoms with Gasteiger partial charge in [0.15, 0.2) is 0 Å². The highest BCUT2D eigenvalue weighted by Gasteiger charge is 2.24. The van der Waals surface area contributed by atoms with Crippen molar-refractivity contribution in [1.29, 1.82) is 0 Å². The number of hydrogen-bond donors (Lipinski definition) is 0. The molecule has 0 fully saturated rings. The topological polar surface area (TPSA) is 44.8 Å². The smallest absolute Gasteiger partial charge is 0.322 e. The van der Waals surface area contributed by atoms with Crippen molar-refractivity contribution in [3.63, 3.8) is 0 Å². The van der Waals surface area contributed by atoms with E-state index in [-0.39, 0.29) is 12.6 Å². The van der Waals surface area contributed by atoms with E-state index in [1.165, 1.54) is 0 Å². The van der Waals surface area contributed by atoms with Gasteiger partial charge in [0.05, 0.1) is 26.4 Å². The van der Waals surface area contributed by atoms with Crippen molar-refractivity contribution in [3.05, 3.63) is 0 Å². The lowest BCUT2D eigenvalue weighted by Gasteiger charge is -2.14. The molecule has 0 amide bonds. The summed E-state index contributed by atoms with van der Waals surface area (Å²) in [6, 6.07) is 0. The third-order valence-corrected chi connectivity index (χ3v) is 2.03. The van der Waals surface area contributed by atoms with Crippen LogP contribution in [0, 0.1) is 12.3 Å². The maximum Gasteiger partial charge on any atom is 0.322 e. The van der Waals surface area contributed by atoms with E-state index in [9.17, 15) is 4.79 Å². The van der Waals surface area contributed by atoms with Crippen molar-refractivity contribution >= 4 is 21.9 Å². The summed E-state index contributed by atoms with van der Waals surface area (Å²) in [5.41, 5.74) is 0. The minimum Gasteiger partial charge on any atom is -0.462 e. The van der Waals surface area contributed by atoms with E-state index in [2.05, 4.69) is 21.9 Å². The van der Waals surface area contributed by atoms with Crippen molar-refractivity contribution in [2.24, 2.45) is 0 Å². The van der Waals surface area contributed by atoms with E-state index < -0.39 is 4.32 Å². The molecule has 17 heavy (non-hydrogen) atoms. The van der Waals surface area contributed by atoms with Crippen LogP contribution in [0.2, 0.25) is 0 Å². The van der Waals surface area contributed by atoms with Crippen LogP contribution >= 0.6 is 15.9 Å². The van der Waals surface area contributed by atoms with Crippen LogP contribution in [-0.4, -0.2) is 43.3 Å². The molecule has 0 aliphatic heterocycles. The van der Waals surface area contributed by atoms with Gasteiger partial charge in [0, 0.05) is 6.42 Å². The van der Waals surface area contributed by atoms with Gasteiger partial charge >= 0.3 is 5.97 Å². The van der Waals surface area contributed by atoms with Crippen LogP contribution in [0.3, 0.4) is 0 Å². The van der Waals surface area contributed by atoms with Gasteiger partial charge in [-0.15, -0.1) is 12.3 Å². The first kappa shape index (κ1) is 16.4. The molecule has 0 aliphatic carbocycles. The Morgan fingerprint density at radius 2 is 1.71 bits per heavy atom. The van der Waals surface area contributed by atoms with Crippen molar-refractivity contribution in [2.75, 3.05) is 33.0 Å². The molecule has 0 bridgehead atoms. The molecule has 98 valence electrons. The molecule has 0 aliphatic rings. The fraction of sp³-hybridized carbons (Fsp3) is 0.750. The normalized spacial score (nSPS) is 10.9. The van der Waals surface area contributed by atoms with E-state index in [1.807, 2.05) is 0 Å². The second-order valence-corrected chi connectivity index (χ2v) is 5.77. The van der Waals surface area contributed by atoms with Gasteiger partial charge in [-0.3, -0.25) is 4.79 Å². The molecular weight excluding hydrogens is 288 g/mol. The van der Waals surface area contributed by atoms with Gasteiger partial charge in [0.1, 0.15) is 10.9 Å². The van der Waals surface area contributed by atoms with Crippen LogP contribution in [0.25, 0.3) is 0 Å². The minimum atomic E-state index is -0.647. The monoisotopic (exact) mass is 306 g/mol. The average Bonchev–Trinajstić information content (AvgIpc) is 2.25. The van der Waals surface area contributed by atoms with Crippen molar-refractivity contribution in [3.8, 4) is 12.3 Å². The predicted octanol–water partition coefficient (Wildman–Crippen LogP) is 1.76. The second-order valence-electron chi connectivity index (χ2n) is 3.79. The molecule has 0 rings (SSSR count). The van der Waals surface area contributed by atoms with Crippen LogP contribution in [0.4, 0.5) is 0 Å². The summed E-state index contributed by atoms with van der Waals surface area (Å²) in [5.74, 6) is 2.18. The van der Waals surface area contributed by atoms with Crippen LogP contribution in [0.15, 0.2) is 0 Å². The second kappa shape index (κ2) is 9.46. The maximum absolute atomic E-state index is 11.3. The molecule has 0 spiro atoms. The number of rotatable bonds is 9. The Morgan fingerprint density at radius 3 is 2.24 bits per heavy atom. The third-order valence-electron chi connectivity index (χ3n) is 1.71. The van der Waals surface area contributed by atoms with E-state index in [0.717, 1.165) is 0 Å². The molecule has 0 heterocycles. The first-order valence-electron chi connectivity index (χ1n) is 5.43. The van der Waals surface area contributed by atoms with Crippen LogP contribution in [0.1, 0.15) is 20.3 Å². The fourth-order valence-electron chi connectivity index (χ4n) is 0.818. The Kier molecular flexibility index (Phi) is 9.14. The van der Waals surface area contributed by atoms with Gasteiger partial charge < -0.3 is 14.2 Å². The zero-order chi connectivity index (χ0) is 13.1. The van der Waals surface area contributed by atoms with Crippen molar-refractivity contribution in [1.82, 2.24) is 0 Å². The molecule has 0 saturated carbocycles. The Morgan fingerprint density at radius 1 is 1.18 bits per heavy atom. The van der Waals surface area contributed by atoms with Gasteiger partial charge in [-0.25, -0.2) is 0 Å².